The summed E-state index contributed by atoms with van der Waals surface area (Å²) in [5.74, 6) is 0.684. The molecule has 0 N–H and O–H groups in total. The van der Waals surface area contributed by atoms with Gasteiger partial charge in [-0.15, -0.1) is 0 Å². The number of hydrogen-bond acceptors (Lipinski definition) is 5. The lowest BCUT2D eigenvalue weighted by Crippen LogP contribution is -2.29. The van der Waals surface area contributed by atoms with Gasteiger partial charge in [0.15, 0.2) is 0 Å². The molecule has 4 nitrogen and oxygen atoms in total. The Labute approximate surface area is 135 Å². The van der Waals surface area contributed by atoms with Crippen LogP contribution in [-0.4, -0.2) is 9.19 Å². The van der Waals surface area contributed by atoms with E-state index in [0.29, 0.717) is 5.75 Å². The van der Waals surface area contributed by atoms with Crippen molar-refractivity contribution in [3.63, 3.8) is 0 Å². The van der Waals surface area contributed by atoms with Crippen molar-refractivity contribution in [3.05, 3.63) is 63.7 Å². The first-order valence-electron chi connectivity index (χ1n) is 6.71. The van der Waals surface area contributed by atoms with Gasteiger partial charge < -0.3 is 4.74 Å². The molecule has 0 aromatic heterocycles. The number of nitro groups is 1. The SMILES string of the molecule is CC1=Cc2cc([N+](=O)[O-])ccc2OC12Sc1ccccc1S2. The molecule has 1 spiro atoms. The molecule has 2 aromatic carbocycles. The molecule has 0 unspecified atom stereocenters. The van der Waals surface area contributed by atoms with Gasteiger partial charge in [0.25, 0.3) is 5.69 Å². The third kappa shape index (κ3) is 2.02. The normalized spacial score (nSPS) is 17.4. The highest BCUT2D eigenvalue weighted by Gasteiger charge is 2.45. The Balaban J connectivity index is 1.76. The van der Waals surface area contributed by atoms with Crippen LogP contribution in [0, 0.1) is 10.1 Å². The van der Waals surface area contributed by atoms with Crippen molar-refractivity contribution in [3.8, 4) is 5.75 Å². The van der Waals surface area contributed by atoms with Crippen LogP contribution < -0.4 is 4.74 Å². The van der Waals surface area contributed by atoms with E-state index < -0.39 is 4.27 Å². The van der Waals surface area contributed by atoms with Gasteiger partial charge >= 0.3 is 0 Å². The highest BCUT2D eigenvalue weighted by Crippen LogP contribution is 2.61. The summed E-state index contributed by atoms with van der Waals surface area (Å²) >= 11 is 3.36. The number of non-ortho nitro benzene ring substituents is 1. The van der Waals surface area contributed by atoms with E-state index in [0.717, 1.165) is 11.1 Å². The second kappa shape index (κ2) is 4.79. The van der Waals surface area contributed by atoms with Gasteiger partial charge in [-0.05, 0) is 36.8 Å². The molecular weight excluding hydrogens is 318 g/mol. The number of nitrogens with zero attached hydrogens (tertiary/aromatic N) is 1. The molecule has 2 heterocycles. The van der Waals surface area contributed by atoms with Gasteiger partial charge in [0.05, 0.1) is 4.92 Å². The lowest BCUT2D eigenvalue weighted by Gasteiger charge is -2.33. The van der Waals surface area contributed by atoms with E-state index in [1.807, 2.05) is 25.1 Å². The molecule has 0 saturated carbocycles. The van der Waals surface area contributed by atoms with Gasteiger partial charge in [0.1, 0.15) is 5.75 Å². The molecule has 4 rings (SSSR count). The van der Waals surface area contributed by atoms with E-state index in [-0.39, 0.29) is 10.6 Å². The molecule has 0 aliphatic carbocycles. The number of hydrogen-bond donors (Lipinski definition) is 0. The Morgan fingerprint density at radius 1 is 1.14 bits per heavy atom. The Kier molecular flexibility index (Phi) is 2.99. The zero-order chi connectivity index (χ0) is 15.3. The summed E-state index contributed by atoms with van der Waals surface area (Å²) in [5.41, 5.74) is 1.89. The van der Waals surface area contributed by atoms with Crippen LogP contribution in [-0.2, 0) is 0 Å². The minimum atomic E-state index is -0.507. The number of benzene rings is 2. The zero-order valence-electron chi connectivity index (χ0n) is 11.6. The largest absolute Gasteiger partial charge is 0.462 e. The van der Waals surface area contributed by atoms with Crippen molar-refractivity contribution in [2.45, 2.75) is 21.0 Å². The summed E-state index contributed by atoms with van der Waals surface area (Å²) in [7, 11) is 0. The van der Waals surface area contributed by atoms with Crippen molar-refractivity contribution >= 4 is 35.3 Å². The molecule has 0 fully saturated rings. The maximum absolute atomic E-state index is 10.9. The second-order valence-electron chi connectivity index (χ2n) is 5.12. The fourth-order valence-corrected chi connectivity index (χ4v) is 5.40. The van der Waals surface area contributed by atoms with Crippen molar-refractivity contribution in [1.82, 2.24) is 0 Å². The van der Waals surface area contributed by atoms with E-state index in [1.54, 1.807) is 35.7 Å². The molecule has 2 aliphatic heterocycles. The summed E-state index contributed by atoms with van der Waals surface area (Å²) in [6.07, 6.45) is 1.98. The maximum atomic E-state index is 10.9. The van der Waals surface area contributed by atoms with Gasteiger partial charge in [0.2, 0.25) is 4.27 Å². The molecule has 2 aromatic rings. The topological polar surface area (TPSA) is 52.4 Å². The molecule has 0 bridgehead atoms. The molecule has 2 aliphatic rings. The standard InChI is InChI=1S/C16H11NO3S2/c1-10-8-11-9-12(17(18)19)6-7-13(11)20-16(10)21-14-4-2-3-5-15(14)22-16/h2-9H,1H3. The maximum Gasteiger partial charge on any atom is 0.270 e. The smallest absolute Gasteiger partial charge is 0.270 e. The molecule has 22 heavy (non-hydrogen) atoms. The zero-order valence-corrected chi connectivity index (χ0v) is 13.2. The van der Waals surface area contributed by atoms with Crippen LogP contribution in [0.4, 0.5) is 5.69 Å². The van der Waals surface area contributed by atoms with Crippen LogP contribution in [0.1, 0.15) is 12.5 Å². The third-order valence-electron chi connectivity index (χ3n) is 3.64. The molecular formula is C16H11NO3S2. The summed E-state index contributed by atoms with van der Waals surface area (Å²) in [5, 5.41) is 10.9. The Hall–Kier alpha value is -1.92. The third-order valence-corrected chi connectivity index (χ3v) is 6.77. The highest BCUT2D eigenvalue weighted by atomic mass is 32.2. The molecule has 0 saturated heterocycles. The molecule has 0 radical (unpaired) electrons. The minimum absolute atomic E-state index is 0.0809. The van der Waals surface area contributed by atoms with Crippen molar-refractivity contribution in [1.29, 1.82) is 0 Å². The van der Waals surface area contributed by atoms with Crippen LogP contribution >= 0.6 is 23.5 Å². The molecule has 110 valence electrons. The van der Waals surface area contributed by atoms with Gasteiger partial charge in [-0.25, -0.2) is 0 Å². The summed E-state index contributed by atoms with van der Waals surface area (Å²) < 4.78 is 5.74. The lowest BCUT2D eigenvalue weighted by molar-refractivity contribution is -0.384. The number of nitro benzene ring substituents is 1. The van der Waals surface area contributed by atoms with E-state index in [9.17, 15) is 10.1 Å². The Morgan fingerprint density at radius 2 is 1.82 bits per heavy atom. The first-order valence-corrected chi connectivity index (χ1v) is 8.34. The van der Waals surface area contributed by atoms with Crippen LogP contribution in [0.5, 0.6) is 5.75 Å². The van der Waals surface area contributed by atoms with E-state index in [4.69, 9.17) is 4.74 Å². The Morgan fingerprint density at radius 3 is 2.45 bits per heavy atom. The average Bonchev–Trinajstić information content (AvgIpc) is 2.87. The van der Waals surface area contributed by atoms with Crippen molar-refractivity contribution in [2.24, 2.45) is 0 Å². The van der Waals surface area contributed by atoms with Crippen LogP contribution in [0.2, 0.25) is 0 Å². The van der Waals surface area contributed by atoms with Gasteiger partial charge in [0, 0.05) is 27.5 Å². The fourth-order valence-electron chi connectivity index (χ4n) is 2.53. The van der Waals surface area contributed by atoms with Crippen LogP contribution in [0.15, 0.2) is 57.8 Å². The predicted octanol–water partition coefficient (Wildman–Crippen LogP) is 4.94. The minimum Gasteiger partial charge on any atom is -0.462 e. The summed E-state index contributed by atoms with van der Waals surface area (Å²) in [6, 6.07) is 12.9. The number of ether oxygens (including phenoxy) is 1. The lowest BCUT2D eigenvalue weighted by atomic mass is 10.1. The highest BCUT2D eigenvalue weighted by molar-refractivity contribution is 8.20. The first-order chi connectivity index (χ1) is 10.6. The molecule has 0 atom stereocenters. The van der Waals surface area contributed by atoms with E-state index >= 15 is 0 Å². The monoisotopic (exact) mass is 329 g/mol. The first kappa shape index (κ1) is 13.7. The van der Waals surface area contributed by atoms with Crippen molar-refractivity contribution in [2.75, 3.05) is 0 Å². The van der Waals surface area contributed by atoms with Gasteiger partial charge in [-0.2, -0.15) is 0 Å². The predicted molar refractivity (Wildman–Crippen MR) is 88.3 cm³/mol. The van der Waals surface area contributed by atoms with Gasteiger partial charge in [-0.3, -0.25) is 10.1 Å². The molecule has 0 amide bonds. The summed E-state index contributed by atoms with van der Waals surface area (Å²) in [6.45, 7) is 2.01. The van der Waals surface area contributed by atoms with E-state index in [1.165, 1.54) is 15.9 Å². The van der Waals surface area contributed by atoms with Crippen LogP contribution in [0.25, 0.3) is 6.08 Å². The fraction of sp³-hybridized carbons (Fsp3) is 0.125. The number of thioether (sulfide) groups is 2. The Bertz CT molecular complexity index is 807. The van der Waals surface area contributed by atoms with Crippen molar-refractivity contribution < 1.29 is 9.66 Å². The van der Waals surface area contributed by atoms with Crippen LogP contribution in [0.3, 0.4) is 0 Å². The van der Waals surface area contributed by atoms with Gasteiger partial charge in [-0.1, -0.05) is 35.7 Å². The van der Waals surface area contributed by atoms with E-state index in [2.05, 4.69) is 12.1 Å². The number of fused-ring (bicyclic) bond motifs is 2. The summed E-state index contributed by atoms with van der Waals surface area (Å²) in [4.78, 5) is 12.9. The molecule has 6 heteroatoms. The second-order valence-corrected chi connectivity index (χ2v) is 7.81. The number of rotatable bonds is 1. The average molecular weight is 329 g/mol. The quantitative estimate of drug-likeness (QED) is 0.548.